The van der Waals surface area contributed by atoms with Crippen LogP contribution >= 0.6 is 0 Å². The Kier molecular flexibility index (Phi) is 7.48. The minimum absolute atomic E-state index is 0.129. The molecule has 40 heavy (non-hydrogen) atoms. The van der Waals surface area contributed by atoms with Crippen LogP contribution in [0.5, 0.6) is 11.8 Å². The van der Waals surface area contributed by atoms with Crippen LogP contribution in [0.25, 0.3) is 4.85 Å². The molecule has 10 nitrogen and oxygen atoms in total. The lowest BCUT2D eigenvalue weighted by Gasteiger charge is -2.41. The molecule has 0 N–H and O–H groups in total. The van der Waals surface area contributed by atoms with Gasteiger partial charge in [-0.25, -0.2) is 6.57 Å². The standard InChI is InChI=1S/C30H37N7O3/c1-4-27(38)37-15-14-36(18-23(37)17-31-2)29-24-10-13-35(26-9-5-7-21-11-16-39-28(21)26)19-25(24)32-30(33-29)40-20-22-8-6-12-34(22)3/h4-5,7,9,22-23H,1,6,8,10-20H2,3H3/t22-,23-/m0/s1. The van der Waals surface area contributed by atoms with Crippen LogP contribution in [-0.2, 0) is 24.2 Å². The molecule has 1 aromatic heterocycles. The van der Waals surface area contributed by atoms with Gasteiger partial charge in [-0.1, -0.05) is 18.7 Å². The first-order chi connectivity index (χ1) is 19.6. The second kappa shape index (κ2) is 11.3. The number of amides is 1. The smallest absolute Gasteiger partial charge is 0.318 e. The SMILES string of the molecule is [C-]#[N+]C[C@H]1CN(c2nc(OC[C@@H]3CCCN3C)nc3c2CCN(c2cccc4c2OCC4)C3)CCN1C(=O)C=C. The Morgan fingerprint density at radius 3 is 2.90 bits per heavy atom. The minimum atomic E-state index is -0.219. The lowest BCUT2D eigenvalue weighted by molar-refractivity contribution is -0.128. The summed E-state index contributed by atoms with van der Waals surface area (Å²) in [5.41, 5.74) is 4.46. The van der Waals surface area contributed by atoms with Crippen molar-refractivity contribution in [3.63, 3.8) is 0 Å². The van der Waals surface area contributed by atoms with E-state index in [1.54, 1.807) is 4.90 Å². The average Bonchev–Trinajstić information content (AvgIpc) is 3.63. The number of anilines is 2. The molecule has 0 saturated carbocycles. The Morgan fingerprint density at radius 2 is 2.10 bits per heavy atom. The van der Waals surface area contributed by atoms with Gasteiger partial charge in [0.05, 0.1) is 24.5 Å². The van der Waals surface area contributed by atoms with Crippen LogP contribution in [0.4, 0.5) is 11.5 Å². The zero-order valence-electron chi connectivity index (χ0n) is 23.2. The molecule has 2 atom stereocenters. The number of likely N-dealkylation sites (tertiary alicyclic amines) is 1. The van der Waals surface area contributed by atoms with E-state index in [0.29, 0.717) is 44.8 Å². The fourth-order valence-corrected chi connectivity index (χ4v) is 6.44. The molecular formula is C30H37N7O3. The fourth-order valence-electron chi connectivity index (χ4n) is 6.44. The normalized spacial score (nSPS) is 22.4. The maximum atomic E-state index is 12.5. The van der Waals surface area contributed by atoms with Crippen molar-refractivity contribution in [2.45, 2.75) is 44.3 Å². The third-order valence-electron chi connectivity index (χ3n) is 8.68. The number of fused-ring (bicyclic) bond motifs is 2. The number of benzene rings is 1. The summed E-state index contributed by atoms with van der Waals surface area (Å²) in [6.07, 6.45) is 5.36. The highest BCUT2D eigenvalue weighted by molar-refractivity contribution is 5.87. The van der Waals surface area contributed by atoms with Gasteiger partial charge >= 0.3 is 6.01 Å². The first kappa shape index (κ1) is 26.4. The van der Waals surface area contributed by atoms with E-state index in [0.717, 1.165) is 67.5 Å². The summed E-state index contributed by atoms with van der Waals surface area (Å²) in [7, 11) is 2.14. The molecule has 2 aromatic rings. The number of piperazine rings is 1. The number of carbonyl (C=O) groups excluding carboxylic acids is 1. The van der Waals surface area contributed by atoms with E-state index in [9.17, 15) is 4.79 Å². The van der Waals surface area contributed by atoms with Gasteiger partial charge in [0, 0.05) is 44.2 Å². The Bertz CT molecular complexity index is 1330. The van der Waals surface area contributed by atoms with Crippen molar-refractivity contribution in [1.82, 2.24) is 19.8 Å². The molecule has 1 aromatic carbocycles. The predicted molar refractivity (Wildman–Crippen MR) is 153 cm³/mol. The summed E-state index contributed by atoms with van der Waals surface area (Å²) in [5.74, 6) is 1.73. The molecule has 2 saturated heterocycles. The molecule has 210 valence electrons. The molecule has 6 rings (SSSR count). The number of hydrogen-bond donors (Lipinski definition) is 0. The van der Waals surface area contributed by atoms with Gasteiger partial charge in [-0.05, 0) is 50.6 Å². The number of nitrogens with zero attached hydrogens (tertiary/aromatic N) is 7. The summed E-state index contributed by atoms with van der Waals surface area (Å²) in [5, 5.41) is 0. The molecule has 0 spiro atoms. The lowest BCUT2D eigenvalue weighted by atomic mass is 10.0. The Labute approximate surface area is 236 Å². The highest BCUT2D eigenvalue weighted by atomic mass is 16.5. The van der Waals surface area contributed by atoms with Crippen LogP contribution in [0.15, 0.2) is 30.9 Å². The highest BCUT2D eigenvalue weighted by Gasteiger charge is 2.35. The lowest BCUT2D eigenvalue weighted by Crippen LogP contribution is -2.56. The molecule has 0 unspecified atom stereocenters. The topological polar surface area (TPSA) is 78.6 Å². The number of carbonyl (C=O) groups is 1. The molecule has 2 fully saturated rings. The zero-order valence-corrected chi connectivity index (χ0v) is 23.2. The van der Waals surface area contributed by atoms with Crippen molar-refractivity contribution in [3.8, 4) is 11.8 Å². The van der Waals surface area contributed by atoms with Crippen molar-refractivity contribution in [2.24, 2.45) is 0 Å². The van der Waals surface area contributed by atoms with Crippen LogP contribution < -0.4 is 19.3 Å². The van der Waals surface area contributed by atoms with Gasteiger partial charge < -0.3 is 33.9 Å². The predicted octanol–water partition coefficient (Wildman–Crippen LogP) is 2.57. The Morgan fingerprint density at radius 1 is 1.20 bits per heavy atom. The largest absolute Gasteiger partial charge is 0.491 e. The molecular weight excluding hydrogens is 506 g/mol. The molecule has 0 aliphatic carbocycles. The molecule has 0 radical (unpaired) electrons. The van der Waals surface area contributed by atoms with Gasteiger partial charge in [0.25, 0.3) is 0 Å². The zero-order chi connectivity index (χ0) is 27.6. The van der Waals surface area contributed by atoms with E-state index in [1.807, 2.05) is 0 Å². The summed E-state index contributed by atoms with van der Waals surface area (Å²) in [6.45, 7) is 16.9. The van der Waals surface area contributed by atoms with Crippen LogP contribution in [0.3, 0.4) is 0 Å². The number of hydrogen-bond acceptors (Lipinski definition) is 8. The van der Waals surface area contributed by atoms with E-state index in [4.69, 9.17) is 26.0 Å². The maximum absolute atomic E-state index is 12.5. The third kappa shape index (κ3) is 5.06. The molecule has 1 amide bonds. The molecule has 0 bridgehead atoms. The summed E-state index contributed by atoms with van der Waals surface area (Å²) in [6, 6.07) is 6.93. The van der Waals surface area contributed by atoms with Gasteiger partial charge in [-0.3, -0.25) is 4.79 Å². The molecule has 4 aliphatic heterocycles. The number of rotatable bonds is 7. The monoisotopic (exact) mass is 543 g/mol. The Balaban J connectivity index is 1.31. The minimum Gasteiger partial charge on any atom is -0.491 e. The van der Waals surface area contributed by atoms with Crippen LogP contribution in [0.2, 0.25) is 0 Å². The average molecular weight is 544 g/mol. The number of ether oxygens (including phenoxy) is 2. The van der Waals surface area contributed by atoms with E-state index in [2.05, 4.69) is 51.4 Å². The first-order valence-corrected chi connectivity index (χ1v) is 14.3. The van der Waals surface area contributed by atoms with Gasteiger partial charge in [-0.15, -0.1) is 0 Å². The van der Waals surface area contributed by atoms with Crippen molar-refractivity contribution >= 4 is 17.4 Å². The van der Waals surface area contributed by atoms with Gasteiger partial charge in [0.15, 0.2) is 0 Å². The summed E-state index contributed by atoms with van der Waals surface area (Å²) < 4.78 is 12.3. The van der Waals surface area contributed by atoms with Crippen molar-refractivity contribution in [1.29, 1.82) is 0 Å². The van der Waals surface area contributed by atoms with Crippen LogP contribution in [0.1, 0.15) is 29.7 Å². The first-order valence-electron chi connectivity index (χ1n) is 14.3. The van der Waals surface area contributed by atoms with Gasteiger partial charge in [0.1, 0.15) is 24.2 Å². The third-order valence-corrected chi connectivity index (χ3v) is 8.68. The van der Waals surface area contributed by atoms with E-state index in [-0.39, 0.29) is 18.5 Å². The second-order valence-electron chi connectivity index (χ2n) is 11.1. The van der Waals surface area contributed by atoms with E-state index < -0.39 is 0 Å². The maximum Gasteiger partial charge on any atom is 0.318 e. The van der Waals surface area contributed by atoms with Gasteiger partial charge in [0.2, 0.25) is 12.5 Å². The quantitative estimate of drug-likeness (QED) is 0.390. The van der Waals surface area contributed by atoms with E-state index >= 15 is 0 Å². The fraction of sp³-hybridized carbons (Fsp3) is 0.533. The van der Waals surface area contributed by atoms with Crippen LogP contribution in [0, 0.1) is 6.57 Å². The summed E-state index contributed by atoms with van der Waals surface area (Å²) >= 11 is 0. The molecule has 5 heterocycles. The molecule has 4 aliphatic rings. The summed E-state index contributed by atoms with van der Waals surface area (Å²) in [4.78, 5) is 34.7. The van der Waals surface area contributed by atoms with E-state index in [1.165, 1.54) is 18.1 Å². The van der Waals surface area contributed by atoms with Crippen molar-refractivity contribution < 1.29 is 14.3 Å². The number of likely N-dealkylation sites (N-methyl/N-ethyl adjacent to an activating group) is 1. The Hall–Kier alpha value is -3.84. The number of para-hydroxylation sites is 1. The second-order valence-corrected chi connectivity index (χ2v) is 11.1. The number of aromatic nitrogens is 2. The van der Waals surface area contributed by atoms with Crippen LogP contribution in [-0.4, -0.2) is 97.3 Å². The highest BCUT2D eigenvalue weighted by Crippen LogP contribution is 2.39. The van der Waals surface area contributed by atoms with Crippen molar-refractivity contribution in [3.05, 3.63) is 59.1 Å². The molecule has 10 heteroatoms. The van der Waals surface area contributed by atoms with Crippen molar-refractivity contribution in [2.75, 3.05) is 69.3 Å². The van der Waals surface area contributed by atoms with Gasteiger partial charge in [-0.2, -0.15) is 9.97 Å².